The second-order valence-corrected chi connectivity index (χ2v) is 7.18. The second kappa shape index (κ2) is 7.18. The zero-order chi connectivity index (χ0) is 15.4. The van der Waals surface area contributed by atoms with E-state index >= 15 is 0 Å². The van der Waals surface area contributed by atoms with Crippen molar-refractivity contribution in [1.29, 1.82) is 0 Å². The van der Waals surface area contributed by atoms with Gasteiger partial charge in [0.1, 0.15) is 0 Å². The number of carbonyl (C=O) groups excluding carboxylic acids is 2. The summed E-state index contributed by atoms with van der Waals surface area (Å²) in [5, 5.41) is 3.23. The molecule has 1 saturated heterocycles. The predicted molar refractivity (Wildman–Crippen MR) is 86.0 cm³/mol. The molecule has 1 aromatic rings. The van der Waals surface area contributed by atoms with Gasteiger partial charge >= 0.3 is 0 Å². The SMILES string of the molecule is CNC1CCCN(C(=O)CCC(=O)c2cc(C)sc2C)C1. The molecule has 1 fully saturated rings. The zero-order valence-corrected chi connectivity index (χ0v) is 13.9. The molecule has 21 heavy (non-hydrogen) atoms. The molecule has 0 aliphatic carbocycles. The third kappa shape index (κ3) is 4.14. The Morgan fingerprint density at radius 1 is 1.38 bits per heavy atom. The molecule has 1 amide bonds. The number of Topliss-reactive ketones (excluding diaryl/α,β-unsaturated/α-hetero) is 1. The number of ketones is 1. The lowest BCUT2D eigenvalue weighted by atomic mass is 10.0. The Bertz CT molecular complexity index is 524. The van der Waals surface area contributed by atoms with Crippen molar-refractivity contribution in [3.05, 3.63) is 21.4 Å². The number of piperidine rings is 1. The van der Waals surface area contributed by atoms with E-state index in [1.165, 1.54) is 0 Å². The molecule has 1 N–H and O–H groups in total. The first kappa shape index (κ1) is 16.2. The van der Waals surface area contributed by atoms with Crippen LogP contribution in [0.2, 0.25) is 0 Å². The third-order valence-corrected chi connectivity index (χ3v) is 5.06. The minimum absolute atomic E-state index is 0.0902. The first-order valence-electron chi connectivity index (χ1n) is 7.56. The van der Waals surface area contributed by atoms with E-state index < -0.39 is 0 Å². The number of rotatable bonds is 5. The molecule has 1 unspecified atom stereocenters. The lowest BCUT2D eigenvalue weighted by Crippen LogP contribution is -2.47. The van der Waals surface area contributed by atoms with Gasteiger partial charge in [-0.1, -0.05) is 0 Å². The smallest absolute Gasteiger partial charge is 0.223 e. The van der Waals surface area contributed by atoms with Crippen molar-refractivity contribution in [3.63, 3.8) is 0 Å². The molecule has 116 valence electrons. The number of aryl methyl sites for hydroxylation is 2. The van der Waals surface area contributed by atoms with Gasteiger partial charge in [0.2, 0.25) is 5.91 Å². The highest BCUT2D eigenvalue weighted by Gasteiger charge is 2.23. The summed E-state index contributed by atoms with van der Waals surface area (Å²) in [5.74, 6) is 0.195. The quantitative estimate of drug-likeness (QED) is 0.851. The number of nitrogens with zero attached hydrogens (tertiary/aromatic N) is 1. The number of likely N-dealkylation sites (tertiary alicyclic amines) is 1. The maximum absolute atomic E-state index is 12.2. The van der Waals surface area contributed by atoms with Gasteiger partial charge in [-0.3, -0.25) is 9.59 Å². The molecule has 0 spiro atoms. The Morgan fingerprint density at radius 3 is 2.76 bits per heavy atom. The number of thiophene rings is 1. The molecule has 1 aromatic heterocycles. The van der Waals surface area contributed by atoms with Gasteiger partial charge in [0.05, 0.1) is 0 Å². The molecule has 4 nitrogen and oxygen atoms in total. The average molecular weight is 308 g/mol. The summed E-state index contributed by atoms with van der Waals surface area (Å²) in [6.07, 6.45) is 2.79. The van der Waals surface area contributed by atoms with Gasteiger partial charge in [-0.25, -0.2) is 0 Å². The van der Waals surface area contributed by atoms with E-state index in [0.717, 1.165) is 41.2 Å². The van der Waals surface area contributed by atoms with Crippen molar-refractivity contribution in [2.75, 3.05) is 20.1 Å². The maximum Gasteiger partial charge on any atom is 0.223 e. The van der Waals surface area contributed by atoms with Crippen LogP contribution in [0.5, 0.6) is 0 Å². The topological polar surface area (TPSA) is 49.4 Å². The number of likely N-dealkylation sites (N-methyl/N-ethyl adjacent to an activating group) is 1. The van der Waals surface area contributed by atoms with Crippen molar-refractivity contribution in [2.24, 2.45) is 0 Å². The summed E-state index contributed by atoms with van der Waals surface area (Å²) in [6.45, 7) is 5.56. The normalized spacial score (nSPS) is 18.8. The first-order chi connectivity index (χ1) is 10.0. The second-order valence-electron chi connectivity index (χ2n) is 5.72. The molecule has 1 aliphatic rings. The van der Waals surface area contributed by atoms with E-state index in [1.54, 1.807) is 11.3 Å². The van der Waals surface area contributed by atoms with E-state index in [2.05, 4.69) is 5.32 Å². The monoisotopic (exact) mass is 308 g/mol. The standard InChI is InChI=1S/C16H24N2O2S/c1-11-9-14(12(2)21-11)15(19)6-7-16(20)18-8-4-5-13(10-18)17-3/h9,13,17H,4-8,10H2,1-3H3. The van der Waals surface area contributed by atoms with Crippen LogP contribution in [0.4, 0.5) is 0 Å². The Labute approximate surface area is 130 Å². The summed E-state index contributed by atoms with van der Waals surface area (Å²) in [4.78, 5) is 28.5. The summed E-state index contributed by atoms with van der Waals surface area (Å²) >= 11 is 1.64. The van der Waals surface area contributed by atoms with E-state index in [9.17, 15) is 9.59 Å². The van der Waals surface area contributed by atoms with E-state index in [0.29, 0.717) is 18.9 Å². The number of nitrogens with one attached hydrogen (secondary N) is 1. The predicted octanol–water partition coefficient (Wildman–Crippen LogP) is 2.54. The lowest BCUT2D eigenvalue weighted by molar-refractivity contribution is -0.132. The highest BCUT2D eigenvalue weighted by molar-refractivity contribution is 7.12. The summed E-state index contributed by atoms with van der Waals surface area (Å²) in [6, 6.07) is 2.32. The molecule has 2 rings (SSSR count). The average Bonchev–Trinajstić information content (AvgIpc) is 2.83. The number of carbonyl (C=O) groups is 2. The van der Waals surface area contributed by atoms with Crippen LogP contribution in [-0.2, 0) is 4.79 Å². The Hall–Kier alpha value is -1.20. The zero-order valence-electron chi connectivity index (χ0n) is 13.1. The summed E-state index contributed by atoms with van der Waals surface area (Å²) < 4.78 is 0. The van der Waals surface area contributed by atoms with Gasteiger partial charge in [-0.2, -0.15) is 0 Å². The number of hydrogen-bond donors (Lipinski definition) is 1. The fourth-order valence-electron chi connectivity index (χ4n) is 2.86. The van der Waals surface area contributed by atoms with Gasteiger partial charge < -0.3 is 10.2 Å². The third-order valence-electron chi connectivity index (χ3n) is 4.09. The number of amides is 1. The largest absolute Gasteiger partial charge is 0.341 e. The van der Waals surface area contributed by atoms with Gasteiger partial charge in [0, 0.05) is 47.3 Å². The highest BCUT2D eigenvalue weighted by Crippen LogP contribution is 2.22. The van der Waals surface area contributed by atoms with E-state index in [4.69, 9.17) is 0 Å². The molecule has 0 saturated carbocycles. The molecule has 2 heterocycles. The molecular formula is C16H24N2O2S. The molecule has 0 aromatic carbocycles. The van der Waals surface area contributed by atoms with Crippen LogP contribution in [0.3, 0.4) is 0 Å². The molecule has 1 atom stereocenters. The molecule has 0 bridgehead atoms. The Morgan fingerprint density at radius 2 is 2.14 bits per heavy atom. The molecule has 0 radical (unpaired) electrons. The first-order valence-corrected chi connectivity index (χ1v) is 8.38. The van der Waals surface area contributed by atoms with Gasteiger partial charge in [-0.05, 0) is 39.8 Å². The molecule has 5 heteroatoms. The van der Waals surface area contributed by atoms with Crippen LogP contribution >= 0.6 is 11.3 Å². The lowest BCUT2D eigenvalue weighted by Gasteiger charge is -2.32. The Balaban J connectivity index is 1.86. The molecular weight excluding hydrogens is 284 g/mol. The van der Waals surface area contributed by atoms with Gasteiger partial charge in [0.15, 0.2) is 5.78 Å². The van der Waals surface area contributed by atoms with Crippen molar-refractivity contribution in [2.45, 2.75) is 45.6 Å². The molecule has 1 aliphatic heterocycles. The maximum atomic E-state index is 12.2. The Kier molecular flexibility index (Phi) is 5.53. The fourth-order valence-corrected chi connectivity index (χ4v) is 3.80. The van der Waals surface area contributed by atoms with Crippen LogP contribution in [-0.4, -0.2) is 42.8 Å². The van der Waals surface area contributed by atoms with Crippen LogP contribution in [0.25, 0.3) is 0 Å². The number of hydrogen-bond acceptors (Lipinski definition) is 4. The minimum atomic E-state index is 0.0902. The van der Waals surface area contributed by atoms with E-state index in [1.807, 2.05) is 31.9 Å². The van der Waals surface area contributed by atoms with Gasteiger partial charge in [-0.15, -0.1) is 11.3 Å². The van der Waals surface area contributed by atoms with Crippen LogP contribution in [0, 0.1) is 13.8 Å². The highest BCUT2D eigenvalue weighted by atomic mass is 32.1. The van der Waals surface area contributed by atoms with Gasteiger partial charge in [0.25, 0.3) is 0 Å². The van der Waals surface area contributed by atoms with Crippen LogP contribution in [0.1, 0.15) is 45.8 Å². The summed E-state index contributed by atoms with van der Waals surface area (Å²) in [5.41, 5.74) is 0.789. The van der Waals surface area contributed by atoms with Crippen molar-refractivity contribution in [3.8, 4) is 0 Å². The van der Waals surface area contributed by atoms with Crippen molar-refractivity contribution < 1.29 is 9.59 Å². The van der Waals surface area contributed by atoms with E-state index in [-0.39, 0.29) is 11.7 Å². The van der Waals surface area contributed by atoms with Crippen LogP contribution in [0.15, 0.2) is 6.07 Å². The van der Waals surface area contributed by atoms with Crippen molar-refractivity contribution >= 4 is 23.0 Å². The van der Waals surface area contributed by atoms with Crippen LogP contribution < -0.4 is 5.32 Å². The minimum Gasteiger partial charge on any atom is -0.341 e. The van der Waals surface area contributed by atoms with Crippen molar-refractivity contribution in [1.82, 2.24) is 10.2 Å². The fraction of sp³-hybridized carbons (Fsp3) is 0.625. The summed E-state index contributed by atoms with van der Waals surface area (Å²) in [7, 11) is 1.93.